The highest BCUT2D eigenvalue weighted by atomic mass is 16.5. The zero-order valence-electron chi connectivity index (χ0n) is 12.9. The molecule has 0 unspecified atom stereocenters. The fourth-order valence-electron chi connectivity index (χ4n) is 1.94. The maximum Gasteiger partial charge on any atom is 0.251 e. The average molecular weight is 277 g/mol. The number of ether oxygens (including phenoxy) is 1. The van der Waals surface area contributed by atoms with Crippen molar-refractivity contribution in [2.45, 2.75) is 58.9 Å². The van der Waals surface area contributed by atoms with Gasteiger partial charge in [-0.15, -0.1) is 0 Å². The van der Waals surface area contributed by atoms with Crippen LogP contribution in [0.5, 0.6) is 5.75 Å². The first-order chi connectivity index (χ1) is 9.63. The summed E-state index contributed by atoms with van der Waals surface area (Å²) in [7, 11) is 0. The monoisotopic (exact) mass is 277 g/mol. The third-order valence-electron chi connectivity index (χ3n) is 3.05. The summed E-state index contributed by atoms with van der Waals surface area (Å²) >= 11 is 0. The van der Waals surface area contributed by atoms with E-state index >= 15 is 0 Å². The van der Waals surface area contributed by atoms with Crippen molar-refractivity contribution in [1.29, 1.82) is 0 Å². The molecule has 0 atom stereocenters. The van der Waals surface area contributed by atoms with Crippen molar-refractivity contribution < 1.29 is 9.53 Å². The lowest BCUT2D eigenvalue weighted by Crippen LogP contribution is -2.29. The van der Waals surface area contributed by atoms with E-state index in [2.05, 4.69) is 12.2 Å². The number of amides is 1. The number of unbranched alkanes of at least 4 members (excludes halogenated alkanes) is 4. The van der Waals surface area contributed by atoms with E-state index in [1.807, 2.05) is 38.1 Å². The molecule has 112 valence electrons. The normalized spacial score (nSPS) is 10.6. The van der Waals surface area contributed by atoms with Crippen molar-refractivity contribution in [3.63, 3.8) is 0 Å². The fourth-order valence-corrected chi connectivity index (χ4v) is 1.94. The number of carbonyl (C=O) groups excluding carboxylic acids is 1. The third kappa shape index (κ3) is 6.60. The van der Waals surface area contributed by atoms with Gasteiger partial charge in [0.15, 0.2) is 0 Å². The molecule has 1 amide bonds. The summed E-state index contributed by atoms with van der Waals surface area (Å²) in [6, 6.07) is 7.50. The van der Waals surface area contributed by atoms with Gasteiger partial charge in [0, 0.05) is 11.6 Å². The molecule has 0 fully saturated rings. The molecule has 0 saturated carbocycles. The van der Waals surface area contributed by atoms with Gasteiger partial charge in [-0.25, -0.2) is 0 Å². The Labute approximate surface area is 122 Å². The lowest BCUT2D eigenvalue weighted by Gasteiger charge is -2.09. The Kier molecular flexibility index (Phi) is 7.78. The van der Waals surface area contributed by atoms with E-state index in [0.717, 1.165) is 18.8 Å². The highest BCUT2D eigenvalue weighted by Gasteiger charge is 2.06. The Hall–Kier alpha value is -1.51. The number of benzene rings is 1. The zero-order valence-corrected chi connectivity index (χ0v) is 12.9. The van der Waals surface area contributed by atoms with E-state index in [1.165, 1.54) is 25.7 Å². The van der Waals surface area contributed by atoms with Crippen molar-refractivity contribution in [2.24, 2.45) is 0 Å². The van der Waals surface area contributed by atoms with Crippen LogP contribution in [-0.4, -0.2) is 18.6 Å². The average Bonchev–Trinajstić information content (AvgIpc) is 2.42. The molecule has 20 heavy (non-hydrogen) atoms. The first kappa shape index (κ1) is 16.5. The lowest BCUT2D eigenvalue weighted by atomic mass is 10.1. The quantitative estimate of drug-likeness (QED) is 0.688. The zero-order chi connectivity index (χ0) is 14.8. The summed E-state index contributed by atoms with van der Waals surface area (Å²) in [5.41, 5.74) is 0.675. The van der Waals surface area contributed by atoms with Crippen LogP contribution in [0.25, 0.3) is 0 Å². The predicted molar refractivity (Wildman–Crippen MR) is 83.3 cm³/mol. The molecular formula is C17H27NO2. The van der Waals surface area contributed by atoms with Crippen LogP contribution in [-0.2, 0) is 0 Å². The lowest BCUT2D eigenvalue weighted by molar-refractivity contribution is 0.0943. The summed E-state index contributed by atoms with van der Waals surface area (Å²) in [6.07, 6.45) is 6.17. The molecule has 0 spiro atoms. The minimum absolute atomic E-state index is 0.0360. The molecule has 0 bridgehead atoms. The molecule has 1 aromatic rings. The van der Waals surface area contributed by atoms with Crippen LogP contribution in [0.4, 0.5) is 0 Å². The fraction of sp³-hybridized carbons (Fsp3) is 0.588. The maximum atomic E-state index is 11.8. The van der Waals surface area contributed by atoms with Crippen LogP contribution < -0.4 is 10.1 Å². The standard InChI is InChI=1S/C17H27NO2/c1-4-5-6-7-8-13-20-16-11-9-15(10-12-16)17(19)18-14(2)3/h9-12,14H,4-8,13H2,1-3H3,(H,18,19). The van der Waals surface area contributed by atoms with Crippen LogP contribution in [0.1, 0.15) is 63.2 Å². The molecule has 0 aliphatic carbocycles. The first-order valence-corrected chi connectivity index (χ1v) is 7.67. The Balaban J connectivity index is 2.30. The number of hydrogen-bond acceptors (Lipinski definition) is 2. The van der Waals surface area contributed by atoms with Crippen molar-refractivity contribution in [1.82, 2.24) is 5.32 Å². The molecule has 0 radical (unpaired) electrons. The van der Waals surface area contributed by atoms with Crippen LogP contribution in [0, 0.1) is 0 Å². The second kappa shape index (κ2) is 9.40. The van der Waals surface area contributed by atoms with Gasteiger partial charge >= 0.3 is 0 Å². The molecule has 1 rings (SSSR count). The largest absolute Gasteiger partial charge is 0.494 e. The molecule has 0 aromatic heterocycles. The summed E-state index contributed by atoms with van der Waals surface area (Å²) < 4.78 is 5.67. The highest BCUT2D eigenvalue weighted by molar-refractivity contribution is 5.94. The van der Waals surface area contributed by atoms with Crippen molar-refractivity contribution >= 4 is 5.91 Å². The van der Waals surface area contributed by atoms with Gasteiger partial charge in [-0.1, -0.05) is 32.6 Å². The Morgan fingerprint density at radius 1 is 1.10 bits per heavy atom. The maximum absolute atomic E-state index is 11.8. The second-order valence-electron chi connectivity index (χ2n) is 5.42. The second-order valence-corrected chi connectivity index (χ2v) is 5.42. The molecule has 0 aliphatic rings. The Morgan fingerprint density at radius 3 is 2.35 bits per heavy atom. The van der Waals surface area contributed by atoms with Gasteiger partial charge in [0.1, 0.15) is 5.75 Å². The van der Waals surface area contributed by atoms with Crippen molar-refractivity contribution in [2.75, 3.05) is 6.61 Å². The third-order valence-corrected chi connectivity index (χ3v) is 3.05. The summed E-state index contributed by atoms with van der Waals surface area (Å²) in [5, 5.41) is 2.87. The van der Waals surface area contributed by atoms with E-state index < -0.39 is 0 Å². The number of rotatable bonds is 9. The molecule has 0 saturated heterocycles. The molecule has 3 nitrogen and oxygen atoms in total. The first-order valence-electron chi connectivity index (χ1n) is 7.67. The van der Waals surface area contributed by atoms with Gasteiger partial charge in [0.2, 0.25) is 0 Å². The van der Waals surface area contributed by atoms with E-state index in [-0.39, 0.29) is 11.9 Å². The van der Waals surface area contributed by atoms with Gasteiger partial charge in [0.25, 0.3) is 5.91 Å². The topological polar surface area (TPSA) is 38.3 Å². The predicted octanol–water partition coefficient (Wildman–Crippen LogP) is 4.17. The number of carbonyl (C=O) groups is 1. The summed E-state index contributed by atoms with van der Waals surface area (Å²) in [5.74, 6) is 0.799. The van der Waals surface area contributed by atoms with Crippen LogP contribution in [0.2, 0.25) is 0 Å². The Morgan fingerprint density at radius 2 is 1.75 bits per heavy atom. The molecular weight excluding hydrogens is 250 g/mol. The number of nitrogens with one attached hydrogen (secondary N) is 1. The SMILES string of the molecule is CCCCCCCOc1ccc(C(=O)NC(C)C)cc1. The Bertz CT molecular complexity index is 384. The summed E-state index contributed by atoms with van der Waals surface area (Å²) in [4.78, 5) is 11.8. The molecule has 3 heteroatoms. The van der Waals surface area contributed by atoms with E-state index in [0.29, 0.717) is 5.56 Å². The van der Waals surface area contributed by atoms with E-state index in [1.54, 1.807) is 0 Å². The van der Waals surface area contributed by atoms with Crippen LogP contribution in [0.15, 0.2) is 24.3 Å². The van der Waals surface area contributed by atoms with Crippen molar-refractivity contribution in [3.05, 3.63) is 29.8 Å². The molecule has 0 aliphatic heterocycles. The van der Waals surface area contributed by atoms with Gasteiger partial charge in [-0.3, -0.25) is 4.79 Å². The minimum atomic E-state index is -0.0360. The van der Waals surface area contributed by atoms with Gasteiger partial charge in [-0.05, 0) is 44.5 Å². The highest BCUT2D eigenvalue weighted by Crippen LogP contribution is 2.13. The van der Waals surface area contributed by atoms with Crippen LogP contribution in [0.3, 0.4) is 0 Å². The van der Waals surface area contributed by atoms with E-state index in [9.17, 15) is 4.79 Å². The minimum Gasteiger partial charge on any atom is -0.494 e. The van der Waals surface area contributed by atoms with Gasteiger partial charge in [-0.2, -0.15) is 0 Å². The van der Waals surface area contributed by atoms with Crippen molar-refractivity contribution in [3.8, 4) is 5.75 Å². The molecule has 1 N–H and O–H groups in total. The van der Waals surface area contributed by atoms with E-state index in [4.69, 9.17) is 4.74 Å². The summed E-state index contributed by atoms with van der Waals surface area (Å²) in [6.45, 7) is 6.87. The van der Waals surface area contributed by atoms with Crippen LogP contribution >= 0.6 is 0 Å². The molecule has 1 aromatic carbocycles. The van der Waals surface area contributed by atoms with Gasteiger partial charge < -0.3 is 10.1 Å². The smallest absolute Gasteiger partial charge is 0.251 e. The molecule has 0 heterocycles. The number of hydrogen-bond donors (Lipinski definition) is 1. The van der Waals surface area contributed by atoms with Gasteiger partial charge in [0.05, 0.1) is 6.61 Å².